The number of rotatable bonds is 6. The summed E-state index contributed by atoms with van der Waals surface area (Å²) >= 11 is 3.58. The molecule has 96 valence electrons. The quantitative estimate of drug-likeness (QED) is 0.579. The van der Waals surface area contributed by atoms with E-state index in [4.69, 9.17) is 9.47 Å². The minimum atomic E-state index is -0.277. The Bertz CT molecular complexity index is 447. The molecule has 0 spiro atoms. The fraction of sp³-hybridized carbons (Fsp3) is 0.286. The van der Waals surface area contributed by atoms with E-state index in [0.717, 1.165) is 11.3 Å². The molecule has 0 unspecified atom stereocenters. The van der Waals surface area contributed by atoms with Crippen LogP contribution < -0.4 is 0 Å². The summed E-state index contributed by atoms with van der Waals surface area (Å²) < 4.78 is 10.4. The molecule has 2 rings (SSSR count). The van der Waals surface area contributed by atoms with Gasteiger partial charge in [0.1, 0.15) is 0 Å². The Morgan fingerprint density at radius 2 is 1.83 bits per heavy atom. The molecule has 18 heavy (non-hydrogen) atoms. The molecule has 2 aromatic rings. The lowest BCUT2D eigenvalue weighted by Gasteiger charge is -2.13. The Kier molecular flexibility index (Phi) is 5.26. The van der Waals surface area contributed by atoms with Crippen LogP contribution in [0.4, 0.5) is 0 Å². The van der Waals surface area contributed by atoms with Gasteiger partial charge in [-0.2, -0.15) is 11.3 Å². The van der Waals surface area contributed by atoms with Crippen molar-refractivity contribution in [3.05, 3.63) is 52.2 Å². The Morgan fingerprint density at radius 1 is 1.11 bits per heavy atom. The van der Waals surface area contributed by atoms with Gasteiger partial charge in [-0.05, 0) is 34.5 Å². The smallest absolute Gasteiger partial charge is 0.183 e. The number of thiophene rings is 1. The number of thioether (sulfide) groups is 1. The SMILES string of the molecule is COC(OC)c1ccc(SCc2ccsc2)cc1. The van der Waals surface area contributed by atoms with Crippen molar-refractivity contribution in [3.8, 4) is 0 Å². The van der Waals surface area contributed by atoms with Crippen LogP contribution in [0, 0.1) is 0 Å². The monoisotopic (exact) mass is 280 g/mol. The zero-order chi connectivity index (χ0) is 12.8. The number of hydrogen-bond donors (Lipinski definition) is 0. The largest absolute Gasteiger partial charge is 0.352 e. The van der Waals surface area contributed by atoms with Gasteiger partial charge in [0.05, 0.1) is 0 Å². The van der Waals surface area contributed by atoms with Crippen LogP contribution in [0.15, 0.2) is 46.0 Å². The van der Waals surface area contributed by atoms with Gasteiger partial charge < -0.3 is 9.47 Å². The molecule has 0 radical (unpaired) electrons. The fourth-order valence-corrected chi connectivity index (χ4v) is 3.25. The third-order valence-corrected chi connectivity index (χ3v) is 4.38. The minimum Gasteiger partial charge on any atom is -0.352 e. The zero-order valence-electron chi connectivity index (χ0n) is 10.5. The number of ether oxygens (including phenoxy) is 2. The van der Waals surface area contributed by atoms with Crippen LogP contribution in [0.2, 0.25) is 0 Å². The summed E-state index contributed by atoms with van der Waals surface area (Å²) in [6, 6.07) is 10.5. The molecule has 0 bridgehead atoms. The molecule has 1 aromatic carbocycles. The van der Waals surface area contributed by atoms with E-state index in [-0.39, 0.29) is 6.29 Å². The topological polar surface area (TPSA) is 18.5 Å². The van der Waals surface area contributed by atoms with E-state index in [1.165, 1.54) is 10.5 Å². The third-order valence-electron chi connectivity index (χ3n) is 2.57. The second-order valence-electron chi connectivity index (χ2n) is 3.79. The lowest BCUT2D eigenvalue weighted by atomic mass is 10.2. The maximum Gasteiger partial charge on any atom is 0.183 e. The van der Waals surface area contributed by atoms with E-state index in [1.54, 1.807) is 25.6 Å². The Labute approximate surface area is 116 Å². The van der Waals surface area contributed by atoms with E-state index in [9.17, 15) is 0 Å². The van der Waals surface area contributed by atoms with Crippen LogP contribution in [0.3, 0.4) is 0 Å². The second kappa shape index (κ2) is 6.95. The van der Waals surface area contributed by atoms with Crippen LogP contribution in [0.1, 0.15) is 17.4 Å². The van der Waals surface area contributed by atoms with Crippen molar-refractivity contribution < 1.29 is 9.47 Å². The highest BCUT2D eigenvalue weighted by Crippen LogP contribution is 2.26. The number of benzene rings is 1. The standard InChI is InChI=1S/C14H16O2S2/c1-15-14(16-2)12-3-5-13(6-4-12)18-10-11-7-8-17-9-11/h3-9,14H,10H2,1-2H3. The lowest BCUT2D eigenvalue weighted by molar-refractivity contribution is -0.106. The fourth-order valence-electron chi connectivity index (χ4n) is 1.63. The molecule has 0 aliphatic carbocycles. The molecule has 0 amide bonds. The Balaban J connectivity index is 1.95. The summed E-state index contributed by atoms with van der Waals surface area (Å²) in [4.78, 5) is 1.26. The molecule has 4 heteroatoms. The van der Waals surface area contributed by atoms with Crippen molar-refractivity contribution >= 4 is 23.1 Å². The molecule has 0 fully saturated rings. The van der Waals surface area contributed by atoms with E-state index < -0.39 is 0 Å². The summed E-state index contributed by atoms with van der Waals surface area (Å²) in [7, 11) is 3.29. The normalized spacial score (nSPS) is 11.1. The van der Waals surface area contributed by atoms with Crippen LogP contribution in [0.5, 0.6) is 0 Å². The highest BCUT2D eigenvalue weighted by molar-refractivity contribution is 7.98. The average molecular weight is 280 g/mol. The van der Waals surface area contributed by atoms with Crippen LogP contribution in [-0.4, -0.2) is 14.2 Å². The van der Waals surface area contributed by atoms with Crippen LogP contribution in [0.25, 0.3) is 0 Å². The van der Waals surface area contributed by atoms with Gasteiger partial charge in [0.15, 0.2) is 6.29 Å². The summed E-state index contributed by atoms with van der Waals surface area (Å²) in [5.74, 6) is 1.01. The summed E-state index contributed by atoms with van der Waals surface area (Å²) in [5.41, 5.74) is 2.42. The first-order valence-electron chi connectivity index (χ1n) is 5.63. The molecular weight excluding hydrogens is 264 g/mol. The minimum absolute atomic E-state index is 0.277. The van der Waals surface area contributed by atoms with Gasteiger partial charge in [0.25, 0.3) is 0 Å². The zero-order valence-corrected chi connectivity index (χ0v) is 12.1. The lowest BCUT2D eigenvalue weighted by Crippen LogP contribution is -2.02. The van der Waals surface area contributed by atoms with Crippen molar-refractivity contribution in [1.29, 1.82) is 0 Å². The van der Waals surface area contributed by atoms with Gasteiger partial charge in [-0.3, -0.25) is 0 Å². The predicted octanol–water partition coefficient (Wildman–Crippen LogP) is 4.33. The van der Waals surface area contributed by atoms with Gasteiger partial charge >= 0.3 is 0 Å². The highest BCUT2D eigenvalue weighted by atomic mass is 32.2. The molecular formula is C14H16O2S2. The second-order valence-corrected chi connectivity index (χ2v) is 5.62. The van der Waals surface area contributed by atoms with Crippen molar-refractivity contribution in [2.75, 3.05) is 14.2 Å². The van der Waals surface area contributed by atoms with E-state index in [0.29, 0.717) is 0 Å². The van der Waals surface area contributed by atoms with Gasteiger partial charge in [0, 0.05) is 30.4 Å². The van der Waals surface area contributed by atoms with Gasteiger partial charge in [-0.1, -0.05) is 12.1 Å². The first kappa shape index (κ1) is 13.6. The predicted molar refractivity (Wildman–Crippen MR) is 77.1 cm³/mol. The first-order valence-corrected chi connectivity index (χ1v) is 7.55. The molecule has 0 saturated carbocycles. The van der Waals surface area contributed by atoms with E-state index in [1.807, 2.05) is 23.9 Å². The van der Waals surface area contributed by atoms with Crippen LogP contribution in [-0.2, 0) is 15.2 Å². The van der Waals surface area contributed by atoms with E-state index in [2.05, 4.69) is 29.0 Å². The summed E-state index contributed by atoms with van der Waals surface area (Å²) in [6.45, 7) is 0. The molecule has 0 N–H and O–H groups in total. The molecule has 0 aliphatic rings. The highest BCUT2D eigenvalue weighted by Gasteiger charge is 2.08. The van der Waals surface area contributed by atoms with Crippen molar-refractivity contribution in [2.45, 2.75) is 16.9 Å². The maximum atomic E-state index is 5.22. The third kappa shape index (κ3) is 3.59. The van der Waals surface area contributed by atoms with Gasteiger partial charge in [-0.15, -0.1) is 11.8 Å². The molecule has 2 nitrogen and oxygen atoms in total. The van der Waals surface area contributed by atoms with Crippen molar-refractivity contribution in [3.63, 3.8) is 0 Å². The van der Waals surface area contributed by atoms with Crippen LogP contribution >= 0.6 is 23.1 Å². The Morgan fingerprint density at radius 3 is 2.39 bits per heavy atom. The Hall–Kier alpha value is -0.810. The molecule has 0 aliphatic heterocycles. The summed E-state index contributed by atoms with van der Waals surface area (Å²) in [5, 5.41) is 4.30. The molecule has 0 saturated heterocycles. The van der Waals surface area contributed by atoms with E-state index >= 15 is 0 Å². The van der Waals surface area contributed by atoms with Crippen molar-refractivity contribution in [2.24, 2.45) is 0 Å². The average Bonchev–Trinajstić information content (AvgIpc) is 2.92. The first-order chi connectivity index (χ1) is 8.83. The molecule has 0 atom stereocenters. The van der Waals surface area contributed by atoms with Gasteiger partial charge in [-0.25, -0.2) is 0 Å². The van der Waals surface area contributed by atoms with Gasteiger partial charge in [0.2, 0.25) is 0 Å². The number of methoxy groups -OCH3 is 2. The number of hydrogen-bond acceptors (Lipinski definition) is 4. The summed E-state index contributed by atoms with van der Waals surface area (Å²) in [6.07, 6.45) is -0.277. The molecule has 1 aromatic heterocycles. The molecule has 1 heterocycles. The van der Waals surface area contributed by atoms with Crippen molar-refractivity contribution in [1.82, 2.24) is 0 Å². The maximum absolute atomic E-state index is 5.22.